The van der Waals surface area contributed by atoms with Gasteiger partial charge in [-0.2, -0.15) is 0 Å². The van der Waals surface area contributed by atoms with Crippen LogP contribution in [0.3, 0.4) is 0 Å². The zero-order chi connectivity index (χ0) is 22.0. The SMILES string of the molecule is CCCCC(Cc1c[nH]c2ccccc12)c1c(C(N)=O)nc2n1CCN(C(C)CO)C2. The molecule has 7 heteroatoms. The van der Waals surface area contributed by atoms with Gasteiger partial charge in [0.1, 0.15) is 11.5 Å². The Kier molecular flexibility index (Phi) is 6.43. The van der Waals surface area contributed by atoms with Gasteiger partial charge in [0.2, 0.25) is 0 Å². The monoisotopic (exact) mass is 423 g/mol. The van der Waals surface area contributed by atoms with E-state index in [-0.39, 0.29) is 18.6 Å². The second-order valence-corrected chi connectivity index (χ2v) is 8.68. The molecule has 166 valence electrons. The molecule has 0 aliphatic carbocycles. The second-order valence-electron chi connectivity index (χ2n) is 8.68. The smallest absolute Gasteiger partial charge is 0.269 e. The van der Waals surface area contributed by atoms with E-state index in [9.17, 15) is 9.90 Å². The van der Waals surface area contributed by atoms with E-state index in [0.717, 1.165) is 55.8 Å². The summed E-state index contributed by atoms with van der Waals surface area (Å²) in [4.78, 5) is 22.7. The quantitative estimate of drug-likeness (QED) is 0.492. The summed E-state index contributed by atoms with van der Waals surface area (Å²) in [5.74, 6) is 0.583. The summed E-state index contributed by atoms with van der Waals surface area (Å²) in [5.41, 5.74) is 9.59. The molecule has 0 spiro atoms. The molecule has 31 heavy (non-hydrogen) atoms. The number of aromatic amines is 1. The minimum atomic E-state index is -0.459. The van der Waals surface area contributed by atoms with E-state index in [2.05, 4.69) is 45.8 Å². The van der Waals surface area contributed by atoms with Gasteiger partial charge in [0.15, 0.2) is 0 Å². The average molecular weight is 424 g/mol. The highest BCUT2D eigenvalue weighted by molar-refractivity contribution is 5.92. The Morgan fingerprint density at radius 3 is 2.87 bits per heavy atom. The zero-order valence-electron chi connectivity index (χ0n) is 18.5. The van der Waals surface area contributed by atoms with Crippen LogP contribution in [0.2, 0.25) is 0 Å². The normalized spacial score (nSPS) is 16.4. The fourth-order valence-corrected chi connectivity index (χ4v) is 4.81. The van der Waals surface area contributed by atoms with Crippen LogP contribution in [0.1, 0.15) is 66.6 Å². The molecule has 0 fully saturated rings. The van der Waals surface area contributed by atoms with E-state index in [0.29, 0.717) is 12.2 Å². The first-order chi connectivity index (χ1) is 15.0. The molecule has 0 saturated heterocycles. The number of H-pyrrole nitrogens is 1. The number of rotatable bonds is 9. The average Bonchev–Trinajstić information content (AvgIpc) is 3.37. The fraction of sp³-hybridized carbons (Fsp3) is 0.500. The van der Waals surface area contributed by atoms with Gasteiger partial charge < -0.3 is 20.4 Å². The number of amides is 1. The number of fused-ring (bicyclic) bond motifs is 2. The lowest BCUT2D eigenvalue weighted by molar-refractivity contribution is 0.0994. The number of aliphatic hydroxyl groups excluding tert-OH is 1. The summed E-state index contributed by atoms with van der Waals surface area (Å²) in [7, 11) is 0. The maximum atomic E-state index is 12.4. The number of hydrogen-bond donors (Lipinski definition) is 3. The van der Waals surface area contributed by atoms with Gasteiger partial charge in [-0.1, -0.05) is 38.0 Å². The second kappa shape index (κ2) is 9.24. The number of carbonyl (C=O) groups excluding carboxylic acids is 1. The van der Waals surface area contributed by atoms with Gasteiger partial charge in [0, 0.05) is 42.1 Å². The topological polar surface area (TPSA) is 100 Å². The van der Waals surface area contributed by atoms with Crippen LogP contribution in [0.15, 0.2) is 30.5 Å². The number of para-hydroxylation sites is 1. The maximum absolute atomic E-state index is 12.4. The van der Waals surface area contributed by atoms with E-state index in [4.69, 9.17) is 10.7 Å². The van der Waals surface area contributed by atoms with E-state index in [1.54, 1.807) is 0 Å². The highest BCUT2D eigenvalue weighted by Gasteiger charge is 2.31. The molecule has 4 N–H and O–H groups in total. The van der Waals surface area contributed by atoms with Gasteiger partial charge >= 0.3 is 0 Å². The molecule has 2 atom stereocenters. The van der Waals surface area contributed by atoms with E-state index >= 15 is 0 Å². The summed E-state index contributed by atoms with van der Waals surface area (Å²) >= 11 is 0. The van der Waals surface area contributed by atoms with Crippen molar-refractivity contribution in [2.24, 2.45) is 5.73 Å². The minimum Gasteiger partial charge on any atom is -0.395 e. The van der Waals surface area contributed by atoms with Crippen molar-refractivity contribution in [1.82, 2.24) is 19.4 Å². The molecule has 0 bridgehead atoms. The molecule has 0 radical (unpaired) electrons. The molecule has 3 aromatic rings. The van der Waals surface area contributed by atoms with Gasteiger partial charge in [-0.05, 0) is 31.4 Å². The molecule has 2 unspecified atom stereocenters. The number of hydrogen-bond acceptors (Lipinski definition) is 4. The maximum Gasteiger partial charge on any atom is 0.269 e. The van der Waals surface area contributed by atoms with Crippen LogP contribution in [0.25, 0.3) is 10.9 Å². The van der Waals surface area contributed by atoms with Gasteiger partial charge in [-0.3, -0.25) is 9.69 Å². The van der Waals surface area contributed by atoms with Crippen molar-refractivity contribution < 1.29 is 9.90 Å². The van der Waals surface area contributed by atoms with E-state index in [1.165, 1.54) is 10.9 Å². The highest BCUT2D eigenvalue weighted by Crippen LogP contribution is 2.33. The van der Waals surface area contributed by atoms with Crippen LogP contribution in [0.5, 0.6) is 0 Å². The number of nitrogens with zero attached hydrogens (tertiary/aromatic N) is 3. The largest absolute Gasteiger partial charge is 0.395 e. The van der Waals surface area contributed by atoms with Crippen LogP contribution in [-0.4, -0.2) is 49.6 Å². The zero-order valence-corrected chi connectivity index (χ0v) is 18.5. The van der Waals surface area contributed by atoms with Crippen LogP contribution in [0.4, 0.5) is 0 Å². The first kappa shape index (κ1) is 21.6. The Balaban J connectivity index is 1.73. The molecule has 3 heterocycles. The third kappa shape index (κ3) is 4.25. The molecular weight excluding hydrogens is 390 g/mol. The molecule has 1 aliphatic rings. The van der Waals surface area contributed by atoms with Gasteiger partial charge in [-0.15, -0.1) is 0 Å². The number of nitrogens with two attached hydrogens (primary N) is 1. The standard InChI is InChI=1S/C24H33N5O2/c1-3-4-7-17(12-18-13-26-20-9-6-5-8-19(18)20)23-22(24(25)31)27-21-14-28(16(2)15-30)10-11-29(21)23/h5-6,8-9,13,16-17,26,30H,3-4,7,10-12,14-15H2,1-2H3,(H2,25,31). The van der Waals surface area contributed by atoms with Crippen molar-refractivity contribution in [2.75, 3.05) is 13.2 Å². The Labute approximate surface area is 183 Å². The number of aromatic nitrogens is 3. The van der Waals surface area contributed by atoms with Crippen LogP contribution in [0, 0.1) is 0 Å². The first-order valence-corrected chi connectivity index (χ1v) is 11.3. The van der Waals surface area contributed by atoms with Gasteiger partial charge in [-0.25, -0.2) is 4.98 Å². The van der Waals surface area contributed by atoms with Crippen molar-refractivity contribution in [3.8, 4) is 0 Å². The number of primary amides is 1. The first-order valence-electron chi connectivity index (χ1n) is 11.3. The van der Waals surface area contributed by atoms with Gasteiger partial charge in [0.25, 0.3) is 5.91 Å². The van der Waals surface area contributed by atoms with Gasteiger partial charge in [0.05, 0.1) is 18.8 Å². The lowest BCUT2D eigenvalue weighted by Crippen LogP contribution is -2.42. The minimum absolute atomic E-state index is 0.0630. The third-order valence-electron chi connectivity index (χ3n) is 6.60. The summed E-state index contributed by atoms with van der Waals surface area (Å²) < 4.78 is 2.22. The summed E-state index contributed by atoms with van der Waals surface area (Å²) in [5, 5.41) is 10.8. The van der Waals surface area contributed by atoms with Crippen molar-refractivity contribution in [2.45, 2.75) is 64.6 Å². The Morgan fingerprint density at radius 2 is 2.13 bits per heavy atom. The lowest BCUT2D eigenvalue weighted by Gasteiger charge is -2.33. The Morgan fingerprint density at radius 1 is 1.32 bits per heavy atom. The highest BCUT2D eigenvalue weighted by atomic mass is 16.3. The Bertz CT molecular complexity index is 1050. The predicted molar refractivity (Wildman–Crippen MR) is 122 cm³/mol. The number of benzene rings is 1. The summed E-state index contributed by atoms with van der Waals surface area (Å²) in [6.45, 7) is 6.51. The number of aliphatic hydroxyl groups is 1. The predicted octanol–water partition coefficient (Wildman–Crippen LogP) is 3.18. The molecule has 1 amide bonds. The molecule has 7 nitrogen and oxygen atoms in total. The Hall–Kier alpha value is -2.64. The molecule has 2 aromatic heterocycles. The lowest BCUT2D eigenvalue weighted by atomic mass is 9.89. The van der Waals surface area contributed by atoms with Crippen molar-refractivity contribution in [1.29, 1.82) is 0 Å². The number of imidazole rings is 1. The number of nitrogens with one attached hydrogen (secondary N) is 1. The third-order valence-corrected chi connectivity index (χ3v) is 6.60. The van der Waals surface area contributed by atoms with E-state index in [1.807, 2.05) is 13.0 Å². The molecule has 4 rings (SSSR count). The van der Waals surface area contributed by atoms with Crippen molar-refractivity contribution in [3.05, 3.63) is 53.2 Å². The van der Waals surface area contributed by atoms with Crippen molar-refractivity contribution >= 4 is 16.8 Å². The number of carbonyl (C=O) groups is 1. The van der Waals surface area contributed by atoms with E-state index < -0.39 is 5.91 Å². The van der Waals surface area contributed by atoms with Crippen molar-refractivity contribution in [3.63, 3.8) is 0 Å². The molecule has 0 saturated carbocycles. The number of unbranched alkanes of at least 4 members (excludes halogenated alkanes) is 1. The molecular formula is C24H33N5O2. The summed E-state index contributed by atoms with van der Waals surface area (Å²) in [6, 6.07) is 8.40. The van der Waals surface area contributed by atoms with Crippen LogP contribution < -0.4 is 5.73 Å². The molecule has 1 aromatic carbocycles. The molecule has 1 aliphatic heterocycles. The van der Waals surface area contributed by atoms with Crippen LogP contribution in [-0.2, 0) is 19.5 Å². The van der Waals surface area contributed by atoms with Crippen LogP contribution >= 0.6 is 0 Å². The fourth-order valence-electron chi connectivity index (χ4n) is 4.81. The summed E-state index contributed by atoms with van der Waals surface area (Å²) in [6.07, 6.45) is 6.09.